The Kier molecular flexibility index (Phi) is 5.76. The van der Waals surface area contributed by atoms with Gasteiger partial charge in [0.1, 0.15) is 5.75 Å². The maximum absolute atomic E-state index is 12.6. The number of sulfone groups is 1. The summed E-state index contributed by atoms with van der Waals surface area (Å²) in [6, 6.07) is 17.8. The SMILES string of the molecule is O=C(Oc1cccc(N2CCS(=O)(=O)CC2)c1)N1CCC(c2ccccc2)CC1. The smallest absolute Gasteiger partial charge is 0.410 e. The van der Waals surface area contributed by atoms with E-state index in [-0.39, 0.29) is 17.6 Å². The van der Waals surface area contributed by atoms with Gasteiger partial charge in [0.25, 0.3) is 0 Å². The van der Waals surface area contributed by atoms with Gasteiger partial charge in [-0.3, -0.25) is 0 Å². The van der Waals surface area contributed by atoms with Crippen molar-refractivity contribution in [2.24, 2.45) is 0 Å². The fraction of sp³-hybridized carbons (Fsp3) is 0.409. The molecule has 29 heavy (non-hydrogen) atoms. The molecule has 0 bridgehead atoms. The maximum Gasteiger partial charge on any atom is 0.415 e. The highest BCUT2D eigenvalue weighted by Gasteiger charge is 2.26. The van der Waals surface area contributed by atoms with E-state index < -0.39 is 9.84 Å². The van der Waals surface area contributed by atoms with Crippen molar-refractivity contribution in [3.63, 3.8) is 0 Å². The summed E-state index contributed by atoms with van der Waals surface area (Å²) < 4.78 is 28.9. The van der Waals surface area contributed by atoms with E-state index in [1.807, 2.05) is 29.2 Å². The quantitative estimate of drug-likeness (QED) is 0.771. The molecular formula is C22H26N2O4S. The molecule has 7 heteroatoms. The third-order valence-electron chi connectivity index (χ3n) is 5.76. The minimum absolute atomic E-state index is 0.160. The van der Waals surface area contributed by atoms with Gasteiger partial charge < -0.3 is 14.5 Å². The van der Waals surface area contributed by atoms with Crippen LogP contribution in [0.1, 0.15) is 24.3 Å². The van der Waals surface area contributed by atoms with Crippen molar-refractivity contribution >= 4 is 21.6 Å². The lowest BCUT2D eigenvalue weighted by atomic mass is 9.90. The van der Waals surface area contributed by atoms with Crippen molar-refractivity contribution in [1.82, 2.24) is 4.90 Å². The highest BCUT2D eigenvalue weighted by atomic mass is 32.2. The van der Waals surface area contributed by atoms with Gasteiger partial charge in [0.2, 0.25) is 0 Å². The number of amides is 1. The van der Waals surface area contributed by atoms with Crippen LogP contribution in [-0.2, 0) is 9.84 Å². The lowest BCUT2D eigenvalue weighted by Gasteiger charge is -2.31. The summed E-state index contributed by atoms with van der Waals surface area (Å²) in [6.45, 7) is 2.30. The van der Waals surface area contributed by atoms with Crippen molar-refractivity contribution in [3.05, 3.63) is 60.2 Å². The van der Waals surface area contributed by atoms with Crippen LogP contribution < -0.4 is 9.64 Å². The van der Waals surface area contributed by atoms with Crippen LogP contribution in [0.3, 0.4) is 0 Å². The highest BCUT2D eigenvalue weighted by Crippen LogP contribution is 2.29. The zero-order valence-electron chi connectivity index (χ0n) is 16.4. The average Bonchev–Trinajstić information content (AvgIpc) is 2.75. The molecule has 2 heterocycles. The topological polar surface area (TPSA) is 66.9 Å². The van der Waals surface area contributed by atoms with Gasteiger partial charge in [-0.05, 0) is 36.5 Å². The molecule has 2 aliphatic rings. The summed E-state index contributed by atoms with van der Waals surface area (Å²) in [7, 11) is -2.93. The molecule has 0 atom stereocenters. The van der Waals surface area contributed by atoms with Crippen LogP contribution in [0.4, 0.5) is 10.5 Å². The highest BCUT2D eigenvalue weighted by molar-refractivity contribution is 7.91. The molecule has 2 aliphatic heterocycles. The third kappa shape index (κ3) is 4.90. The van der Waals surface area contributed by atoms with Crippen molar-refractivity contribution in [3.8, 4) is 5.75 Å². The first kappa shape index (κ1) is 19.8. The first-order valence-electron chi connectivity index (χ1n) is 10.1. The summed E-state index contributed by atoms with van der Waals surface area (Å²) >= 11 is 0. The standard InChI is InChI=1S/C22H26N2O4S/c25-22(24-11-9-19(10-12-24)18-5-2-1-3-6-18)28-21-8-4-7-20(17-21)23-13-15-29(26,27)16-14-23/h1-8,17,19H,9-16H2. The van der Waals surface area contributed by atoms with Crippen LogP contribution in [0, 0.1) is 0 Å². The molecule has 0 N–H and O–H groups in total. The van der Waals surface area contributed by atoms with E-state index in [0.29, 0.717) is 37.8 Å². The number of nitrogens with zero attached hydrogens (tertiary/aromatic N) is 2. The van der Waals surface area contributed by atoms with Crippen LogP contribution in [0.2, 0.25) is 0 Å². The molecule has 2 saturated heterocycles. The van der Waals surface area contributed by atoms with Gasteiger partial charge in [-0.25, -0.2) is 13.2 Å². The van der Waals surface area contributed by atoms with E-state index in [9.17, 15) is 13.2 Å². The Bertz CT molecular complexity index is 940. The number of hydrogen-bond donors (Lipinski definition) is 0. The molecule has 0 saturated carbocycles. The number of ether oxygens (including phenoxy) is 1. The van der Waals surface area contributed by atoms with E-state index in [1.165, 1.54) is 5.56 Å². The Labute approximate surface area is 172 Å². The van der Waals surface area contributed by atoms with E-state index in [0.717, 1.165) is 18.5 Å². The average molecular weight is 415 g/mol. The molecule has 6 nitrogen and oxygen atoms in total. The Morgan fingerprint density at radius 2 is 1.59 bits per heavy atom. The third-order valence-corrected chi connectivity index (χ3v) is 7.37. The van der Waals surface area contributed by atoms with E-state index in [2.05, 4.69) is 24.3 Å². The summed E-state index contributed by atoms with van der Waals surface area (Å²) in [4.78, 5) is 16.4. The van der Waals surface area contributed by atoms with Crippen LogP contribution in [0.5, 0.6) is 5.75 Å². The Hall–Kier alpha value is -2.54. The zero-order valence-corrected chi connectivity index (χ0v) is 17.2. The van der Waals surface area contributed by atoms with Gasteiger partial charge in [0.05, 0.1) is 11.5 Å². The van der Waals surface area contributed by atoms with E-state index in [1.54, 1.807) is 11.0 Å². The van der Waals surface area contributed by atoms with Crippen molar-refractivity contribution < 1.29 is 17.9 Å². The summed E-state index contributed by atoms with van der Waals surface area (Å²) in [5.41, 5.74) is 2.21. The van der Waals surface area contributed by atoms with Crippen molar-refractivity contribution in [2.75, 3.05) is 42.6 Å². The van der Waals surface area contributed by atoms with Crippen molar-refractivity contribution in [2.45, 2.75) is 18.8 Å². The molecule has 2 aromatic rings. The fourth-order valence-electron chi connectivity index (χ4n) is 4.00. The number of carbonyl (C=O) groups is 1. The minimum atomic E-state index is -2.93. The predicted molar refractivity (Wildman–Crippen MR) is 113 cm³/mol. The largest absolute Gasteiger partial charge is 0.415 e. The zero-order chi connectivity index (χ0) is 20.3. The molecule has 0 radical (unpaired) electrons. The van der Waals surface area contributed by atoms with Gasteiger partial charge in [0, 0.05) is 37.9 Å². The second kappa shape index (κ2) is 8.45. The maximum atomic E-state index is 12.6. The van der Waals surface area contributed by atoms with Crippen LogP contribution in [0.15, 0.2) is 54.6 Å². The Balaban J connectivity index is 1.33. The second-order valence-corrected chi connectivity index (χ2v) is 9.98. The summed E-state index contributed by atoms with van der Waals surface area (Å²) in [5.74, 6) is 1.30. The van der Waals surface area contributed by atoms with Gasteiger partial charge in [0.15, 0.2) is 9.84 Å². The number of benzene rings is 2. The van der Waals surface area contributed by atoms with Gasteiger partial charge in [-0.2, -0.15) is 0 Å². The van der Waals surface area contributed by atoms with Gasteiger partial charge in [-0.15, -0.1) is 0 Å². The molecule has 0 spiro atoms. The molecule has 0 unspecified atom stereocenters. The monoisotopic (exact) mass is 414 g/mol. The molecule has 0 aliphatic carbocycles. The van der Waals surface area contributed by atoms with Crippen LogP contribution >= 0.6 is 0 Å². The molecular weight excluding hydrogens is 388 g/mol. The molecule has 4 rings (SSSR count). The lowest BCUT2D eigenvalue weighted by Crippen LogP contribution is -2.40. The van der Waals surface area contributed by atoms with Crippen LogP contribution in [-0.4, -0.2) is 57.1 Å². The predicted octanol–water partition coefficient (Wildman–Crippen LogP) is 3.30. The number of hydrogen-bond acceptors (Lipinski definition) is 5. The van der Waals surface area contributed by atoms with Gasteiger partial charge in [-0.1, -0.05) is 36.4 Å². The fourth-order valence-corrected chi connectivity index (χ4v) is 5.20. The molecule has 1 amide bonds. The van der Waals surface area contributed by atoms with E-state index in [4.69, 9.17) is 4.74 Å². The Morgan fingerprint density at radius 1 is 0.897 bits per heavy atom. The summed E-state index contributed by atoms with van der Waals surface area (Å²) in [6.07, 6.45) is 1.54. The Morgan fingerprint density at radius 3 is 2.28 bits per heavy atom. The molecule has 0 aromatic heterocycles. The van der Waals surface area contributed by atoms with E-state index >= 15 is 0 Å². The first-order valence-corrected chi connectivity index (χ1v) is 11.9. The van der Waals surface area contributed by atoms with Crippen molar-refractivity contribution in [1.29, 1.82) is 0 Å². The molecule has 2 fully saturated rings. The van der Waals surface area contributed by atoms with Gasteiger partial charge >= 0.3 is 6.09 Å². The lowest BCUT2D eigenvalue weighted by molar-refractivity contribution is 0.138. The number of piperidine rings is 1. The number of likely N-dealkylation sites (tertiary alicyclic amines) is 1. The molecule has 154 valence electrons. The minimum Gasteiger partial charge on any atom is -0.410 e. The first-order chi connectivity index (χ1) is 14.0. The normalized spacial score (nSPS) is 19.7. The molecule has 2 aromatic carbocycles. The number of carbonyl (C=O) groups excluding carboxylic acids is 1. The number of rotatable bonds is 3. The van der Waals surface area contributed by atoms with Crippen LogP contribution in [0.25, 0.3) is 0 Å². The summed E-state index contributed by atoms with van der Waals surface area (Å²) in [5, 5.41) is 0. The number of anilines is 1. The second-order valence-electron chi connectivity index (χ2n) is 7.68.